The van der Waals surface area contributed by atoms with Crippen molar-refractivity contribution in [2.45, 2.75) is 0 Å². The van der Waals surface area contributed by atoms with E-state index >= 15 is 0 Å². The number of nitrogens with zero attached hydrogens (tertiary/aromatic N) is 2. The smallest absolute Gasteiger partial charge is 0.238 e. The summed E-state index contributed by atoms with van der Waals surface area (Å²) in [7, 11) is -0.924. The molecule has 0 amide bonds. The Balaban J connectivity index is 2.68. The predicted octanol–water partition coefficient (Wildman–Crippen LogP) is 2.55. The lowest BCUT2D eigenvalue weighted by Gasteiger charge is -2.10. The SMILES string of the molecule is CP(C)Oc1cncc(OP(C)C)n1. The molecule has 1 heterocycles. The first-order valence-electron chi connectivity index (χ1n) is 4.10. The van der Waals surface area contributed by atoms with Gasteiger partial charge in [-0.25, -0.2) is 0 Å². The standard InChI is InChI=1S/C8H14N2O2P2/c1-13(2)11-7-5-9-6-8(10-7)12-14(3)4/h5-6H,1-4H3. The van der Waals surface area contributed by atoms with Crippen LogP contribution < -0.4 is 9.05 Å². The van der Waals surface area contributed by atoms with Crippen molar-refractivity contribution < 1.29 is 9.05 Å². The van der Waals surface area contributed by atoms with Crippen LogP contribution in [0.4, 0.5) is 0 Å². The molecule has 0 saturated heterocycles. The zero-order valence-corrected chi connectivity index (χ0v) is 10.5. The van der Waals surface area contributed by atoms with Crippen LogP contribution in [0.2, 0.25) is 0 Å². The highest BCUT2D eigenvalue weighted by atomic mass is 31.1. The minimum absolute atomic E-state index is 0.462. The van der Waals surface area contributed by atoms with Crippen molar-refractivity contribution in [3.05, 3.63) is 12.4 Å². The Labute approximate surface area is 86.7 Å². The molecule has 6 heteroatoms. The van der Waals surface area contributed by atoms with E-state index in [9.17, 15) is 0 Å². The van der Waals surface area contributed by atoms with Gasteiger partial charge in [0.15, 0.2) is 0 Å². The van der Waals surface area contributed by atoms with E-state index in [0.717, 1.165) is 0 Å². The van der Waals surface area contributed by atoms with Crippen molar-refractivity contribution in [3.8, 4) is 11.8 Å². The van der Waals surface area contributed by atoms with Gasteiger partial charge < -0.3 is 9.05 Å². The number of hydrogen-bond acceptors (Lipinski definition) is 4. The van der Waals surface area contributed by atoms with Crippen molar-refractivity contribution in [1.29, 1.82) is 0 Å². The van der Waals surface area contributed by atoms with Crippen LogP contribution in [0.3, 0.4) is 0 Å². The van der Waals surface area contributed by atoms with Gasteiger partial charge in [0.1, 0.15) is 0 Å². The van der Waals surface area contributed by atoms with Crippen molar-refractivity contribution >= 4 is 16.3 Å². The summed E-state index contributed by atoms with van der Waals surface area (Å²) >= 11 is 0. The summed E-state index contributed by atoms with van der Waals surface area (Å²) < 4.78 is 10.9. The Hall–Kier alpha value is -0.460. The molecule has 0 fully saturated rings. The van der Waals surface area contributed by atoms with Gasteiger partial charge in [-0.05, 0) is 26.7 Å². The third kappa shape index (κ3) is 4.17. The van der Waals surface area contributed by atoms with E-state index in [1.165, 1.54) is 0 Å². The molecule has 1 aromatic heterocycles. The van der Waals surface area contributed by atoms with Gasteiger partial charge in [-0.1, -0.05) is 0 Å². The fraction of sp³-hybridized carbons (Fsp3) is 0.500. The highest BCUT2D eigenvalue weighted by Crippen LogP contribution is 2.31. The van der Waals surface area contributed by atoms with Gasteiger partial charge in [-0.2, -0.15) is 4.98 Å². The lowest BCUT2D eigenvalue weighted by Crippen LogP contribution is -1.93. The molecule has 0 aliphatic carbocycles. The second-order valence-corrected chi connectivity index (χ2v) is 6.62. The van der Waals surface area contributed by atoms with E-state index in [1.807, 2.05) is 26.7 Å². The van der Waals surface area contributed by atoms with Gasteiger partial charge in [0.25, 0.3) is 0 Å². The Morgan fingerprint density at radius 3 is 1.71 bits per heavy atom. The Morgan fingerprint density at radius 2 is 1.36 bits per heavy atom. The van der Waals surface area contributed by atoms with Gasteiger partial charge in [0.2, 0.25) is 11.8 Å². The lowest BCUT2D eigenvalue weighted by atomic mass is 10.7. The summed E-state index contributed by atoms with van der Waals surface area (Å²) in [6.45, 7) is 8.04. The Kier molecular flexibility index (Phi) is 4.50. The number of rotatable bonds is 4. The van der Waals surface area contributed by atoms with Crippen LogP contribution in [0.1, 0.15) is 0 Å². The lowest BCUT2D eigenvalue weighted by molar-refractivity contribution is 0.542. The summed E-state index contributed by atoms with van der Waals surface area (Å²) in [5.41, 5.74) is 0. The van der Waals surface area contributed by atoms with E-state index in [-0.39, 0.29) is 0 Å². The van der Waals surface area contributed by atoms with E-state index in [2.05, 4.69) is 9.97 Å². The fourth-order valence-corrected chi connectivity index (χ4v) is 1.72. The normalized spacial score (nSPS) is 10.7. The maximum Gasteiger partial charge on any atom is 0.238 e. The minimum atomic E-state index is -0.462. The van der Waals surface area contributed by atoms with Crippen molar-refractivity contribution in [3.63, 3.8) is 0 Å². The van der Waals surface area contributed by atoms with Gasteiger partial charge in [0.05, 0.1) is 28.7 Å². The number of aromatic nitrogens is 2. The van der Waals surface area contributed by atoms with Gasteiger partial charge in [-0.15, -0.1) is 0 Å². The highest BCUT2D eigenvalue weighted by molar-refractivity contribution is 7.51. The molecule has 1 rings (SSSR count). The van der Waals surface area contributed by atoms with Gasteiger partial charge >= 0.3 is 0 Å². The van der Waals surface area contributed by atoms with E-state index in [1.54, 1.807) is 12.4 Å². The molecule has 0 radical (unpaired) electrons. The molecule has 0 N–H and O–H groups in total. The fourth-order valence-electron chi connectivity index (χ4n) is 0.793. The molecule has 0 unspecified atom stereocenters. The van der Waals surface area contributed by atoms with Crippen molar-refractivity contribution in [2.24, 2.45) is 0 Å². The van der Waals surface area contributed by atoms with E-state index in [4.69, 9.17) is 9.05 Å². The predicted molar refractivity (Wildman–Crippen MR) is 60.8 cm³/mol. The van der Waals surface area contributed by atoms with Crippen LogP contribution >= 0.6 is 16.3 Å². The average molecular weight is 232 g/mol. The molecule has 14 heavy (non-hydrogen) atoms. The molecule has 0 atom stereocenters. The van der Waals surface area contributed by atoms with Gasteiger partial charge in [0, 0.05) is 0 Å². The molecule has 1 aromatic rings. The molecule has 0 bridgehead atoms. The largest absolute Gasteiger partial charge is 0.456 e. The second kappa shape index (κ2) is 5.43. The highest BCUT2D eigenvalue weighted by Gasteiger charge is 2.04. The first kappa shape index (κ1) is 11.6. The molecular formula is C8H14N2O2P2. The molecule has 0 spiro atoms. The molecule has 0 aliphatic heterocycles. The average Bonchev–Trinajstić information content (AvgIpc) is 2.01. The van der Waals surface area contributed by atoms with Crippen molar-refractivity contribution in [1.82, 2.24) is 9.97 Å². The first-order valence-corrected chi connectivity index (χ1v) is 8.41. The summed E-state index contributed by atoms with van der Waals surface area (Å²) in [6.07, 6.45) is 3.20. The van der Waals surface area contributed by atoms with Crippen LogP contribution in [0.25, 0.3) is 0 Å². The quantitative estimate of drug-likeness (QED) is 0.748. The van der Waals surface area contributed by atoms with Crippen LogP contribution in [0, 0.1) is 0 Å². The minimum Gasteiger partial charge on any atom is -0.456 e. The maximum atomic E-state index is 5.45. The Morgan fingerprint density at radius 1 is 0.929 bits per heavy atom. The summed E-state index contributed by atoms with van der Waals surface area (Å²) in [5.74, 6) is 1.07. The zero-order valence-electron chi connectivity index (χ0n) is 8.76. The summed E-state index contributed by atoms with van der Waals surface area (Å²) in [5, 5.41) is 0. The molecule has 4 nitrogen and oxygen atoms in total. The first-order chi connectivity index (χ1) is 6.58. The van der Waals surface area contributed by atoms with Crippen LogP contribution in [-0.2, 0) is 0 Å². The van der Waals surface area contributed by atoms with Crippen LogP contribution in [0.15, 0.2) is 12.4 Å². The molecular weight excluding hydrogens is 218 g/mol. The van der Waals surface area contributed by atoms with Crippen molar-refractivity contribution in [2.75, 3.05) is 26.7 Å². The Bertz CT molecular complexity index is 269. The van der Waals surface area contributed by atoms with Crippen LogP contribution in [-0.4, -0.2) is 36.6 Å². The maximum absolute atomic E-state index is 5.45. The van der Waals surface area contributed by atoms with E-state index in [0.29, 0.717) is 11.8 Å². The third-order valence-electron chi connectivity index (χ3n) is 1.14. The third-order valence-corrected chi connectivity index (χ3v) is 2.25. The van der Waals surface area contributed by atoms with Gasteiger partial charge in [-0.3, -0.25) is 4.98 Å². The zero-order chi connectivity index (χ0) is 10.6. The van der Waals surface area contributed by atoms with Crippen LogP contribution in [0.5, 0.6) is 11.8 Å². The summed E-state index contributed by atoms with van der Waals surface area (Å²) in [4.78, 5) is 8.18. The van der Waals surface area contributed by atoms with E-state index < -0.39 is 16.3 Å². The molecule has 0 aliphatic rings. The molecule has 0 aromatic carbocycles. The summed E-state index contributed by atoms with van der Waals surface area (Å²) in [6, 6.07) is 0. The monoisotopic (exact) mass is 232 g/mol. The molecule has 0 saturated carbocycles. The number of hydrogen-bond donors (Lipinski definition) is 0. The topological polar surface area (TPSA) is 44.2 Å². The molecule has 78 valence electrons. The second-order valence-electron chi connectivity index (χ2n) is 3.00.